The summed E-state index contributed by atoms with van der Waals surface area (Å²) in [5, 5.41) is 3.26. The van der Waals surface area contributed by atoms with E-state index in [-0.39, 0.29) is 17.2 Å². The third kappa shape index (κ3) is 3.61. The molecule has 0 aliphatic rings. The Hall–Kier alpha value is -2.34. The molecule has 110 valence electrons. The number of aryl methyl sites for hydroxylation is 1. The van der Waals surface area contributed by atoms with Gasteiger partial charge < -0.3 is 16.8 Å². The van der Waals surface area contributed by atoms with Gasteiger partial charge in [-0.3, -0.25) is 9.59 Å². The number of nitrogens with two attached hydrogens (primary N) is 2. The minimum Gasteiger partial charge on any atom is -0.378 e. The molecule has 0 spiro atoms. The molecule has 21 heavy (non-hydrogen) atoms. The van der Waals surface area contributed by atoms with Crippen LogP contribution in [0.5, 0.6) is 0 Å². The summed E-state index contributed by atoms with van der Waals surface area (Å²) in [5.74, 6) is -1.19. The van der Waals surface area contributed by atoms with E-state index in [4.69, 9.17) is 11.5 Å². The Morgan fingerprint density at radius 2 is 1.67 bits per heavy atom. The van der Waals surface area contributed by atoms with Crippen LogP contribution in [0, 0.1) is 6.92 Å². The molecule has 5 nitrogen and oxygen atoms in total. The summed E-state index contributed by atoms with van der Waals surface area (Å²) >= 11 is 1.69. The fraction of sp³-hybridized carbons (Fsp3) is 0.200. The molecule has 0 bridgehead atoms. The first kappa shape index (κ1) is 15.1. The Morgan fingerprint density at radius 3 is 2.10 bits per heavy atom. The summed E-state index contributed by atoms with van der Waals surface area (Å²) in [4.78, 5) is 25.1. The van der Waals surface area contributed by atoms with E-state index >= 15 is 0 Å². The molecule has 0 saturated carbocycles. The Labute approximate surface area is 127 Å². The van der Waals surface area contributed by atoms with Crippen molar-refractivity contribution in [3.8, 4) is 0 Å². The van der Waals surface area contributed by atoms with Crippen molar-refractivity contribution in [2.75, 3.05) is 5.32 Å². The van der Waals surface area contributed by atoms with E-state index in [1.165, 1.54) is 10.9 Å². The van der Waals surface area contributed by atoms with Gasteiger partial charge in [0.05, 0.1) is 6.04 Å². The smallest absolute Gasteiger partial charge is 0.248 e. The number of primary amides is 2. The lowest BCUT2D eigenvalue weighted by Crippen LogP contribution is -2.16. The molecule has 5 N–H and O–H groups in total. The summed E-state index contributed by atoms with van der Waals surface area (Å²) in [6.07, 6.45) is 0. The van der Waals surface area contributed by atoms with Gasteiger partial charge in [0.1, 0.15) is 0 Å². The van der Waals surface area contributed by atoms with E-state index in [9.17, 15) is 9.59 Å². The maximum absolute atomic E-state index is 11.3. The number of carbonyl (C=O) groups excluding carboxylic acids is 2. The maximum Gasteiger partial charge on any atom is 0.248 e. The van der Waals surface area contributed by atoms with Crippen LogP contribution in [-0.4, -0.2) is 11.8 Å². The SMILES string of the molecule is Cc1ccc(C(C)Nc2cc(C(N)=O)cc(C(N)=O)c2)s1. The van der Waals surface area contributed by atoms with Gasteiger partial charge in [0.2, 0.25) is 11.8 Å². The van der Waals surface area contributed by atoms with Crippen LogP contribution in [0.15, 0.2) is 30.3 Å². The van der Waals surface area contributed by atoms with E-state index < -0.39 is 11.8 Å². The number of nitrogens with one attached hydrogen (secondary N) is 1. The summed E-state index contributed by atoms with van der Waals surface area (Å²) < 4.78 is 0. The molecule has 1 atom stereocenters. The van der Waals surface area contributed by atoms with Crippen LogP contribution in [0.1, 0.15) is 43.4 Å². The highest BCUT2D eigenvalue weighted by atomic mass is 32.1. The summed E-state index contributed by atoms with van der Waals surface area (Å²) in [6, 6.07) is 8.78. The van der Waals surface area contributed by atoms with Crippen molar-refractivity contribution in [3.05, 3.63) is 51.2 Å². The van der Waals surface area contributed by atoms with Gasteiger partial charge >= 0.3 is 0 Å². The van der Waals surface area contributed by atoms with Gasteiger partial charge in [0.25, 0.3) is 0 Å². The van der Waals surface area contributed by atoms with Gasteiger partial charge in [-0.2, -0.15) is 0 Å². The number of thiophene rings is 1. The first-order valence-electron chi connectivity index (χ1n) is 6.44. The minimum absolute atomic E-state index is 0.0487. The summed E-state index contributed by atoms with van der Waals surface area (Å²) in [5.41, 5.74) is 11.7. The fourth-order valence-electron chi connectivity index (χ4n) is 2.00. The zero-order valence-corrected chi connectivity index (χ0v) is 12.7. The normalized spacial score (nSPS) is 11.9. The van der Waals surface area contributed by atoms with Crippen molar-refractivity contribution in [1.82, 2.24) is 0 Å². The Bertz CT molecular complexity index is 662. The lowest BCUT2D eigenvalue weighted by molar-refractivity contribution is 0.0999. The quantitative estimate of drug-likeness (QED) is 0.791. The van der Waals surface area contributed by atoms with Crippen molar-refractivity contribution in [1.29, 1.82) is 0 Å². The highest BCUT2D eigenvalue weighted by Crippen LogP contribution is 2.26. The number of amides is 2. The van der Waals surface area contributed by atoms with Gasteiger partial charge in [-0.1, -0.05) is 0 Å². The lowest BCUT2D eigenvalue weighted by Gasteiger charge is -2.15. The van der Waals surface area contributed by atoms with Gasteiger partial charge in [-0.25, -0.2) is 0 Å². The van der Waals surface area contributed by atoms with Crippen LogP contribution < -0.4 is 16.8 Å². The Kier molecular flexibility index (Phi) is 4.28. The fourth-order valence-corrected chi connectivity index (χ4v) is 2.88. The van der Waals surface area contributed by atoms with Crippen molar-refractivity contribution in [2.24, 2.45) is 11.5 Å². The molecule has 0 fully saturated rings. The third-order valence-corrected chi connectivity index (χ3v) is 4.26. The molecule has 6 heteroatoms. The molecule has 1 unspecified atom stereocenters. The second kappa shape index (κ2) is 5.97. The van der Waals surface area contributed by atoms with Crippen LogP contribution >= 0.6 is 11.3 Å². The molecule has 0 aliphatic heterocycles. The molecule has 1 aromatic carbocycles. The van der Waals surface area contributed by atoms with Crippen molar-refractivity contribution in [3.63, 3.8) is 0 Å². The number of anilines is 1. The van der Waals surface area contributed by atoms with E-state index in [1.807, 2.05) is 26.0 Å². The monoisotopic (exact) mass is 303 g/mol. The number of carbonyl (C=O) groups is 2. The first-order chi connectivity index (χ1) is 9.86. The van der Waals surface area contributed by atoms with Crippen LogP contribution in [0.3, 0.4) is 0 Å². The molecule has 2 amide bonds. The molecule has 1 heterocycles. The summed E-state index contributed by atoms with van der Waals surface area (Å²) in [7, 11) is 0. The van der Waals surface area contributed by atoms with E-state index in [0.29, 0.717) is 5.69 Å². The molecule has 0 aliphatic carbocycles. The van der Waals surface area contributed by atoms with Gasteiger partial charge in [0, 0.05) is 26.6 Å². The maximum atomic E-state index is 11.3. The molecule has 0 saturated heterocycles. The molecular formula is C15H17N3O2S. The van der Waals surface area contributed by atoms with Crippen LogP contribution in [0.4, 0.5) is 5.69 Å². The largest absolute Gasteiger partial charge is 0.378 e. The molecular weight excluding hydrogens is 286 g/mol. The Balaban J connectivity index is 2.30. The van der Waals surface area contributed by atoms with Gasteiger partial charge in [-0.05, 0) is 44.2 Å². The first-order valence-corrected chi connectivity index (χ1v) is 7.26. The second-order valence-electron chi connectivity index (χ2n) is 4.84. The minimum atomic E-state index is -0.597. The average Bonchev–Trinajstić information content (AvgIpc) is 2.85. The van der Waals surface area contributed by atoms with Crippen LogP contribution in [0.2, 0.25) is 0 Å². The topological polar surface area (TPSA) is 98.2 Å². The van der Waals surface area contributed by atoms with Gasteiger partial charge in [-0.15, -0.1) is 11.3 Å². The second-order valence-corrected chi connectivity index (χ2v) is 6.16. The number of hydrogen-bond acceptors (Lipinski definition) is 4. The summed E-state index contributed by atoms with van der Waals surface area (Å²) in [6.45, 7) is 4.05. The molecule has 2 aromatic rings. The third-order valence-electron chi connectivity index (χ3n) is 3.07. The van der Waals surface area contributed by atoms with E-state index in [2.05, 4.69) is 5.32 Å². The molecule has 1 aromatic heterocycles. The number of rotatable bonds is 5. The zero-order chi connectivity index (χ0) is 15.6. The van der Waals surface area contributed by atoms with Crippen LogP contribution in [-0.2, 0) is 0 Å². The Morgan fingerprint density at radius 1 is 1.10 bits per heavy atom. The van der Waals surface area contributed by atoms with Crippen molar-refractivity contribution >= 4 is 28.8 Å². The predicted octanol–water partition coefficient (Wildman–Crippen LogP) is 2.43. The zero-order valence-electron chi connectivity index (χ0n) is 11.8. The van der Waals surface area contributed by atoms with E-state index in [1.54, 1.807) is 23.5 Å². The number of benzene rings is 1. The van der Waals surface area contributed by atoms with Crippen LogP contribution in [0.25, 0.3) is 0 Å². The highest BCUT2D eigenvalue weighted by Gasteiger charge is 2.12. The standard InChI is InChI=1S/C15H17N3O2S/c1-8-3-4-13(21-8)9(2)18-12-6-10(14(16)19)5-11(7-12)15(17)20/h3-7,9,18H,1-2H3,(H2,16,19)(H2,17,20). The van der Waals surface area contributed by atoms with Crippen molar-refractivity contribution < 1.29 is 9.59 Å². The molecule has 2 rings (SSSR count). The van der Waals surface area contributed by atoms with Gasteiger partial charge in [0.15, 0.2) is 0 Å². The molecule has 0 radical (unpaired) electrons. The van der Waals surface area contributed by atoms with Crippen molar-refractivity contribution in [2.45, 2.75) is 19.9 Å². The lowest BCUT2D eigenvalue weighted by atomic mass is 10.1. The number of hydrogen-bond donors (Lipinski definition) is 3. The highest BCUT2D eigenvalue weighted by molar-refractivity contribution is 7.12. The predicted molar refractivity (Wildman–Crippen MR) is 84.6 cm³/mol. The van der Waals surface area contributed by atoms with E-state index in [0.717, 1.165) is 4.88 Å². The average molecular weight is 303 g/mol.